The van der Waals surface area contributed by atoms with Crippen molar-refractivity contribution in [3.63, 3.8) is 0 Å². The van der Waals surface area contributed by atoms with E-state index < -0.39 is 23.2 Å². The SMILES string of the molecule is CCCCC1CCC(c2ccc3c(F)c(-c4cc(F)c(OC)c(F)c4)ccc3c2)CC1. The van der Waals surface area contributed by atoms with E-state index >= 15 is 4.39 Å². The molecule has 0 bridgehead atoms. The Kier molecular flexibility index (Phi) is 6.54. The molecule has 0 aliphatic heterocycles. The molecule has 3 aromatic rings. The van der Waals surface area contributed by atoms with E-state index in [2.05, 4.69) is 13.0 Å². The molecular weight excluding hydrogens is 397 g/mol. The number of halogens is 3. The molecule has 3 aromatic carbocycles. The molecule has 4 rings (SSSR count). The van der Waals surface area contributed by atoms with Crippen LogP contribution in [0.25, 0.3) is 21.9 Å². The third-order valence-corrected chi connectivity index (χ3v) is 6.78. The van der Waals surface area contributed by atoms with Crippen molar-refractivity contribution in [2.24, 2.45) is 5.92 Å². The van der Waals surface area contributed by atoms with E-state index in [1.165, 1.54) is 57.6 Å². The maximum atomic E-state index is 15.3. The number of hydrogen-bond donors (Lipinski definition) is 0. The molecule has 164 valence electrons. The Morgan fingerprint density at radius 1 is 0.903 bits per heavy atom. The number of unbranched alkanes of at least 4 members (excludes halogenated alkanes) is 1. The van der Waals surface area contributed by atoms with Gasteiger partial charge in [0.1, 0.15) is 5.82 Å². The molecule has 31 heavy (non-hydrogen) atoms. The standard InChI is InChI=1S/C27H29F3O/c1-3-4-5-17-6-8-18(9-7-17)19-10-12-22-20(14-19)11-13-23(26(22)30)21-15-24(28)27(31-2)25(29)16-21/h10-18H,3-9H2,1-2H3. The van der Waals surface area contributed by atoms with Gasteiger partial charge in [-0.3, -0.25) is 0 Å². The Morgan fingerprint density at radius 2 is 1.61 bits per heavy atom. The molecule has 0 unspecified atom stereocenters. The normalized spacial score (nSPS) is 19.0. The summed E-state index contributed by atoms with van der Waals surface area (Å²) in [4.78, 5) is 0. The van der Waals surface area contributed by atoms with Crippen molar-refractivity contribution >= 4 is 10.8 Å². The summed E-state index contributed by atoms with van der Waals surface area (Å²) in [5, 5.41) is 1.29. The molecular formula is C27H29F3O. The van der Waals surface area contributed by atoms with E-state index in [1.807, 2.05) is 18.2 Å². The number of hydrogen-bond acceptors (Lipinski definition) is 1. The van der Waals surface area contributed by atoms with Gasteiger partial charge in [-0.2, -0.15) is 0 Å². The molecule has 0 N–H and O–H groups in total. The van der Waals surface area contributed by atoms with Crippen LogP contribution in [-0.2, 0) is 0 Å². The summed E-state index contributed by atoms with van der Waals surface area (Å²) < 4.78 is 48.2. The fraction of sp³-hybridized carbons (Fsp3) is 0.407. The van der Waals surface area contributed by atoms with Gasteiger partial charge in [0.15, 0.2) is 17.4 Å². The molecule has 0 aromatic heterocycles. The van der Waals surface area contributed by atoms with Gasteiger partial charge in [0.2, 0.25) is 0 Å². The van der Waals surface area contributed by atoms with Crippen molar-refractivity contribution in [1.82, 2.24) is 0 Å². The molecule has 1 saturated carbocycles. The van der Waals surface area contributed by atoms with E-state index in [9.17, 15) is 8.78 Å². The molecule has 0 spiro atoms. The zero-order valence-corrected chi connectivity index (χ0v) is 18.2. The van der Waals surface area contributed by atoms with Gasteiger partial charge in [0.05, 0.1) is 7.11 Å². The summed E-state index contributed by atoms with van der Waals surface area (Å²) in [5.74, 6) is -1.24. The lowest BCUT2D eigenvalue weighted by molar-refractivity contribution is 0.304. The van der Waals surface area contributed by atoms with E-state index in [-0.39, 0.29) is 11.1 Å². The molecule has 0 radical (unpaired) electrons. The van der Waals surface area contributed by atoms with Gasteiger partial charge >= 0.3 is 0 Å². The van der Waals surface area contributed by atoms with Gasteiger partial charge in [-0.15, -0.1) is 0 Å². The van der Waals surface area contributed by atoms with E-state index in [1.54, 1.807) is 6.07 Å². The first-order valence-electron chi connectivity index (χ1n) is 11.3. The fourth-order valence-electron chi connectivity index (χ4n) is 4.97. The monoisotopic (exact) mass is 426 g/mol. The third-order valence-electron chi connectivity index (χ3n) is 6.78. The van der Waals surface area contributed by atoms with Crippen molar-refractivity contribution in [1.29, 1.82) is 0 Å². The lowest BCUT2D eigenvalue weighted by Gasteiger charge is -2.29. The quantitative estimate of drug-likeness (QED) is 0.384. The highest BCUT2D eigenvalue weighted by molar-refractivity contribution is 5.89. The summed E-state index contributed by atoms with van der Waals surface area (Å²) >= 11 is 0. The second-order valence-electron chi connectivity index (χ2n) is 8.74. The second-order valence-corrected chi connectivity index (χ2v) is 8.74. The van der Waals surface area contributed by atoms with Crippen LogP contribution < -0.4 is 4.74 Å². The van der Waals surface area contributed by atoms with E-state index in [4.69, 9.17) is 4.74 Å². The lowest BCUT2D eigenvalue weighted by Crippen LogP contribution is -2.13. The molecule has 0 amide bonds. The largest absolute Gasteiger partial charge is 0.491 e. The van der Waals surface area contributed by atoms with Gasteiger partial charge in [-0.25, -0.2) is 13.2 Å². The first-order valence-corrected chi connectivity index (χ1v) is 11.3. The van der Waals surface area contributed by atoms with Crippen LogP contribution >= 0.6 is 0 Å². The highest BCUT2D eigenvalue weighted by Gasteiger charge is 2.23. The highest BCUT2D eigenvalue weighted by Crippen LogP contribution is 2.39. The summed E-state index contributed by atoms with van der Waals surface area (Å²) in [6.45, 7) is 2.24. The summed E-state index contributed by atoms with van der Waals surface area (Å²) in [6, 6.07) is 11.6. The number of methoxy groups -OCH3 is 1. The Morgan fingerprint density at radius 3 is 2.26 bits per heavy atom. The first kappa shape index (κ1) is 21.7. The highest BCUT2D eigenvalue weighted by atomic mass is 19.1. The maximum absolute atomic E-state index is 15.3. The van der Waals surface area contributed by atoms with E-state index in [0.29, 0.717) is 11.3 Å². The van der Waals surface area contributed by atoms with Crippen LogP contribution in [0.5, 0.6) is 5.75 Å². The van der Waals surface area contributed by atoms with Crippen molar-refractivity contribution < 1.29 is 17.9 Å². The van der Waals surface area contributed by atoms with Gasteiger partial charge in [0.25, 0.3) is 0 Å². The van der Waals surface area contributed by atoms with Crippen LogP contribution in [0, 0.1) is 23.4 Å². The van der Waals surface area contributed by atoms with Crippen LogP contribution in [0.15, 0.2) is 42.5 Å². The Labute approximate surface area is 182 Å². The number of fused-ring (bicyclic) bond motifs is 1. The van der Waals surface area contributed by atoms with Crippen LogP contribution in [-0.4, -0.2) is 7.11 Å². The number of ether oxygens (including phenoxy) is 1. The van der Waals surface area contributed by atoms with Crippen LogP contribution in [0.2, 0.25) is 0 Å². The fourth-order valence-corrected chi connectivity index (χ4v) is 4.97. The van der Waals surface area contributed by atoms with Gasteiger partial charge < -0.3 is 4.74 Å². The number of benzene rings is 3. The average molecular weight is 427 g/mol. The predicted octanol–water partition coefficient (Wildman–Crippen LogP) is 8.40. The van der Waals surface area contributed by atoms with Crippen molar-refractivity contribution in [2.75, 3.05) is 7.11 Å². The molecule has 0 saturated heterocycles. The van der Waals surface area contributed by atoms with Gasteiger partial charge in [-0.1, -0.05) is 56.5 Å². The molecule has 1 aliphatic carbocycles. The minimum absolute atomic E-state index is 0.157. The van der Waals surface area contributed by atoms with Crippen molar-refractivity contribution in [2.45, 2.75) is 57.8 Å². The van der Waals surface area contributed by atoms with Crippen LogP contribution in [0.1, 0.15) is 63.4 Å². The van der Waals surface area contributed by atoms with Gasteiger partial charge in [0, 0.05) is 10.9 Å². The van der Waals surface area contributed by atoms with Gasteiger partial charge in [-0.05, 0) is 66.2 Å². The Hall–Kier alpha value is -2.49. The van der Waals surface area contributed by atoms with E-state index in [0.717, 1.165) is 23.4 Å². The first-order chi connectivity index (χ1) is 15.0. The topological polar surface area (TPSA) is 9.23 Å². The third kappa shape index (κ3) is 4.44. The molecule has 0 heterocycles. The lowest BCUT2D eigenvalue weighted by atomic mass is 9.77. The molecule has 1 nitrogen and oxygen atoms in total. The second kappa shape index (κ2) is 9.33. The summed E-state index contributed by atoms with van der Waals surface area (Å²) in [5.41, 5.74) is 1.59. The van der Waals surface area contributed by atoms with Crippen LogP contribution in [0.4, 0.5) is 13.2 Å². The average Bonchev–Trinajstić information content (AvgIpc) is 2.78. The molecule has 1 fully saturated rings. The maximum Gasteiger partial charge on any atom is 0.190 e. The smallest absolute Gasteiger partial charge is 0.190 e. The van der Waals surface area contributed by atoms with Crippen molar-refractivity contribution in [3.8, 4) is 16.9 Å². The number of rotatable bonds is 6. The Balaban J connectivity index is 1.59. The Bertz CT molecular complexity index is 1040. The minimum Gasteiger partial charge on any atom is -0.491 e. The predicted molar refractivity (Wildman–Crippen MR) is 120 cm³/mol. The zero-order chi connectivity index (χ0) is 22.0. The van der Waals surface area contributed by atoms with Crippen LogP contribution in [0.3, 0.4) is 0 Å². The molecule has 1 aliphatic rings. The van der Waals surface area contributed by atoms with Crippen molar-refractivity contribution in [3.05, 3.63) is 65.5 Å². The minimum atomic E-state index is -0.845. The zero-order valence-electron chi connectivity index (χ0n) is 18.2. The summed E-state index contributed by atoms with van der Waals surface area (Å²) in [7, 11) is 1.20. The molecule has 4 heteroatoms. The molecule has 0 atom stereocenters. The summed E-state index contributed by atoms with van der Waals surface area (Å²) in [6.07, 6.45) is 8.81.